The number of anilines is 2. The first-order valence-electron chi connectivity index (χ1n) is 11.1. The second kappa shape index (κ2) is 24.0. The van der Waals surface area contributed by atoms with Crippen LogP contribution in [0.15, 0.2) is 36.4 Å². The second-order valence-corrected chi connectivity index (χ2v) is 8.02. The Hall–Kier alpha value is -0.680. The molecule has 0 saturated carbocycles. The van der Waals surface area contributed by atoms with Gasteiger partial charge in [0.2, 0.25) is 0 Å². The van der Waals surface area contributed by atoms with Crippen molar-refractivity contribution in [3.05, 3.63) is 36.4 Å². The van der Waals surface area contributed by atoms with Gasteiger partial charge < -0.3 is 50.2 Å². The minimum atomic E-state index is -1.46. The number of aliphatic hydroxyl groups is 1. The van der Waals surface area contributed by atoms with Gasteiger partial charge in [-0.1, -0.05) is 6.58 Å². The first kappa shape index (κ1) is 42.8. The van der Waals surface area contributed by atoms with Crippen LogP contribution in [0.5, 0.6) is 0 Å². The number of carboxylic acids is 3. The second-order valence-electron chi connectivity index (χ2n) is 8.02. The van der Waals surface area contributed by atoms with Gasteiger partial charge in [-0.15, -0.1) is 0 Å². The van der Waals surface area contributed by atoms with Crippen molar-refractivity contribution in [1.82, 2.24) is 9.80 Å². The van der Waals surface area contributed by atoms with E-state index in [0.717, 1.165) is 10.6 Å². The van der Waals surface area contributed by atoms with Gasteiger partial charge in [0.25, 0.3) is 0 Å². The molecule has 1 rings (SSSR count). The molecule has 13 nitrogen and oxygen atoms in total. The van der Waals surface area contributed by atoms with Gasteiger partial charge in [-0.05, 0) is 31.2 Å². The minimum Gasteiger partial charge on any atom is -0.549 e. The third-order valence-corrected chi connectivity index (χ3v) is 4.73. The molecule has 3 N–H and O–H groups in total. The van der Waals surface area contributed by atoms with Crippen LogP contribution in [-0.4, -0.2) is 104 Å². The molecule has 0 aromatic heterocycles. The van der Waals surface area contributed by atoms with Gasteiger partial charge in [0.1, 0.15) is 12.7 Å². The summed E-state index contributed by atoms with van der Waals surface area (Å²) in [6.45, 7) is 3.96. The molecule has 0 radical (unpaired) electrons. The molecule has 0 saturated heterocycles. The maximum Gasteiger partial charge on any atom is 1.00 e. The molecule has 0 heterocycles. The zero-order valence-electron chi connectivity index (χ0n) is 23.1. The van der Waals surface area contributed by atoms with E-state index in [0.29, 0.717) is 12.2 Å². The quantitative estimate of drug-likeness (QED) is 0.0798. The van der Waals surface area contributed by atoms with Crippen LogP contribution in [0.3, 0.4) is 0 Å². The molecule has 200 valence electrons. The Balaban J connectivity index is -0.00000432. The largest absolute Gasteiger partial charge is 1.00 e. The molecule has 0 fully saturated rings. The number of esters is 1. The average molecular weight is 576 g/mol. The third kappa shape index (κ3) is 21.7. The van der Waals surface area contributed by atoms with Gasteiger partial charge in [0.05, 0.1) is 17.9 Å². The smallest absolute Gasteiger partial charge is 0.549 e. The van der Waals surface area contributed by atoms with Crippen LogP contribution in [0, 0.1) is 0 Å². The Labute approximate surface area is 294 Å². The van der Waals surface area contributed by atoms with Gasteiger partial charge in [-0.25, -0.2) is 4.79 Å². The number of carbonyl (C=O) groups is 4. The molecule has 0 aliphatic rings. The SMILES string of the molecule is C=C(C)C(=O)OCC(O)CNc1ccc(NCCN(CCN(CC(=O)[O-])CC(=O)[O-])CC(=O)[O-])cc1.[Na+].[Na+].[Na+]. The summed E-state index contributed by atoms with van der Waals surface area (Å²) in [5.41, 5.74) is 1.69. The van der Waals surface area contributed by atoms with Crippen molar-refractivity contribution in [2.45, 2.75) is 13.0 Å². The average Bonchev–Trinajstić information content (AvgIpc) is 2.79. The molecule has 0 amide bonds. The van der Waals surface area contributed by atoms with E-state index in [4.69, 9.17) is 4.74 Å². The van der Waals surface area contributed by atoms with Crippen molar-refractivity contribution in [3.8, 4) is 0 Å². The van der Waals surface area contributed by atoms with Crippen molar-refractivity contribution in [1.29, 1.82) is 0 Å². The topological polar surface area (TPSA) is 197 Å². The first-order valence-corrected chi connectivity index (χ1v) is 11.1. The predicted molar refractivity (Wildman–Crippen MR) is 123 cm³/mol. The number of aliphatic carboxylic acids is 3. The number of nitrogens with one attached hydrogen (secondary N) is 2. The Morgan fingerprint density at radius 3 is 1.74 bits per heavy atom. The van der Waals surface area contributed by atoms with Crippen molar-refractivity contribution in [3.63, 3.8) is 0 Å². The molecule has 16 heteroatoms. The van der Waals surface area contributed by atoms with E-state index in [9.17, 15) is 39.6 Å². The summed E-state index contributed by atoms with van der Waals surface area (Å²) >= 11 is 0. The molecule has 0 bridgehead atoms. The van der Waals surface area contributed by atoms with Gasteiger partial charge in [-0.3, -0.25) is 9.80 Å². The van der Waals surface area contributed by atoms with E-state index >= 15 is 0 Å². The molecule has 0 aliphatic carbocycles. The summed E-state index contributed by atoms with van der Waals surface area (Å²) < 4.78 is 4.88. The van der Waals surface area contributed by atoms with Gasteiger partial charge in [0.15, 0.2) is 0 Å². The summed E-state index contributed by atoms with van der Waals surface area (Å²) in [4.78, 5) is 46.5. The molecular weight excluding hydrogens is 545 g/mol. The van der Waals surface area contributed by atoms with Crippen molar-refractivity contribution in [2.75, 3.05) is 69.6 Å². The Morgan fingerprint density at radius 1 is 0.846 bits per heavy atom. The van der Waals surface area contributed by atoms with Gasteiger partial charge in [0, 0.05) is 69.3 Å². The fraction of sp³-hybridized carbons (Fsp3) is 0.478. The van der Waals surface area contributed by atoms with Crippen LogP contribution >= 0.6 is 0 Å². The molecule has 1 aromatic rings. The Morgan fingerprint density at radius 2 is 1.28 bits per heavy atom. The summed E-state index contributed by atoms with van der Waals surface area (Å²) in [6.07, 6.45) is -0.907. The van der Waals surface area contributed by atoms with Crippen LogP contribution in [-0.2, 0) is 23.9 Å². The van der Waals surface area contributed by atoms with Crippen LogP contribution in [0.25, 0.3) is 0 Å². The maximum atomic E-state index is 11.3. The predicted octanol–water partition coefficient (Wildman–Crippen LogP) is -13.1. The molecule has 1 atom stereocenters. The normalized spacial score (nSPS) is 10.8. The van der Waals surface area contributed by atoms with E-state index in [1.54, 1.807) is 24.3 Å². The van der Waals surface area contributed by atoms with Crippen molar-refractivity contribution in [2.24, 2.45) is 0 Å². The van der Waals surface area contributed by atoms with E-state index in [1.807, 2.05) is 0 Å². The number of nitrogens with zero attached hydrogens (tertiary/aromatic N) is 2. The number of benzene rings is 1. The van der Waals surface area contributed by atoms with Crippen LogP contribution in [0.4, 0.5) is 11.4 Å². The number of ether oxygens (including phenoxy) is 1. The van der Waals surface area contributed by atoms with Crippen LogP contribution in [0.2, 0.25) is 0 Å². The molecular formula is C23H31N4Na3O9. The van der Waals surface area contributed by atoms with Crippen molar-refractivity contribution >= 4 is 35.3 Å². The zero-order chi connectivity index (χ0) is 27.1. The summed E-state index contributed by atoms with van der Waals surface area (Å²) in [6, 6.07) is 7.04. The third-order valence-electron chi connectivity index (χ3n) is 4.73. The number of carboxylic acid groups (broad SMARTS) is 3. The van der Waals surface area contributed by atoms with E-state index < -0.39 is 49.6 Å². The maximum absolute atomic E-state index is 11.3. The fourth-order valence-electron chi connectivity index (χ4n) is 2.97. The summed E-state index contributed by atoms with van der Waals surface area (Å²) in [5.74, 6) is -4.81. The van der Waals surface area contributed by atoms with Crippen LogP contribution in [0.1, 0.15) is 6.92 Å². The Bertz CT molecular complexity index is 891. The molecule has 0 aliphatic heterocycles. The fourth-order valence-corrected chi connectivity index (χ4v) is 2.97. The molecule has 39 heavy (non-hydrogen) atoms. The van der Waals surface area contributed by atoms with Crippen molar-refractivity contribution < 1.29 is 133 Å². The molecule has 0 spiro atoms. The number of aliphatic hydroxyl groups excluding tert-OH is 1. The standard InChI is InChI=1S/C23H34N4O9.3Na/c1-16(2)23(35)36-15-19(28)11-25-18-5-3-17(4-6-18)24-7-8-26(12-20(29)30)9-10-27(13-21(31)32)14-22(33)34;;;/h3-6,19,24-25,28H,1,7-15H2,2H3,(H,29,30)(H,31,32)(H,33,34);;;/q;3*+1/p-3. The first-order chi connectivity index (χ1) is 17.0. The number of carbonyl (C=O) groups excluding carboxylic acids is 4. The van der Waals surface area contributed by atoms with Crippen LogP contribution < -0.4 is 115 Å². The summed E-state index contributed by atoms with van der Waals surface area (Å²) in [5, 5.41) is 48.6. The Kier molecular flexibility index (Phi) is 26.3. The van der Waals surface area contributed by atoms with Gasteiger partial charge >= 0.3 is 94.6 Å². The van der Waals surface area contributed by atoms with E-state index in [1.165, 1.54) is 11.8 Å². The minimum absolute atomic E-state index is 0. The number of rotatable bonds is 19. The monoisotopic (exact) mass is 576 g/mol. The number of hydrogen-bond acceptors (Lipinski definition) is 13. The molecule has 1 aromatic carbocycles. The van der Waals surface area contributed by atoms with E-state index in [2.05, 4.69) is 17.2 Å². The molecule has 1 unspecified atom stereocenters. The summed E-state index contributed by atoms with van der Waals surface area (Å²) in [7, 11) is 0. The van der Waals surface area contributed by atoms with Gasteiger partial charge in [-0.2, -0.15) is 0 Å². The van der Waals surface area contributed by atoms with E-state index in [-0.39, 0.29) is 127 Å². The zero-order valence-corrected chi connectivity index (χ0v) is 29.1. The number of hydrogen-bond donors (Lipinski definition) is 3.